The topological polar surface area (TPSA) is 15.3 Å². The third-order valence-electron chi connectivity index (χ3n) is 2.68. The van der Waals surface area contributed by atoms with Gasteiger partial charge in [-0.25, -0.2) is 0 Å². The molecule has 0 aromatic carbocycles. The molecule has 0 aliphatic rings. The van der Waals surface area contributed by atoms with Gasteiger partial charge >= 0.3 is 0 Å². The second-order valence-electron chi connectivity index (χ2n) is 5.92. The average molecular weight is 266 g/mol. The molecule has 1 heterocycles. The van der Waals surface area contributed by atoms with Gasteiger partial charge < -0.3 is 10.2 Å². The summed E-state index contributed by atoms with van der Waals surface area (Å²) in [6.07, 6.45) is 1.13. The summed E-state index contributed by atoms with van der Waals surface area (Å²) in [5, 5.41) is 5.61. The summed E-state index contributed by atoms with van der Waals surface area (Å²) in [6.45, 7) is 13.6. The number of rotatable bonds is 7. The average Bonchev–Trinajstić information content (AvgIpc) is 2.75. The lowest BCUT2D eigenvalue weighted by Gasteiger charge is -2.23. The summed E-state index contributed by atoms with van der Waals surface area (Å²) in [6, 6.07) is 4.32. The van der Waals surface area contributed by atoms with Crippen LogP contribution in [0.4, 0.5) is 0 Å². The van der Waals surface area contributed by atoms with Crippen LogP contribution in [0.15, 0.2) is 29.7 Å². The van der Waals surface area contributed by atoms with Crippen molar-refractivity contribution in [3.8, 4) is 0 Å². The Morgan fingerprint density at radius 3 is 2.72 bits per heavy atom. The third kappa shape index (κ3) is 6.94. The smallest absolute Gasteiger partial charge is 0.0199 e. The van der Waals surface area contributed by atoms with E-state index in [1.807, 2.05) is 11.3 Å². The van der Waals surface area contributed by atoms with Gasteiger partial charge in [0, 0.05) is 30.1 Å². The Bertz CT molecular complexity index is 349. The fourth-order valence-corrected chi connectivity index (χ4v) is 2.36. The van der Waals surface area contributed by atoms with Crippen LogP contribution < -0.4 is 5.32 Å². The zero-order chi connectivity index (χ0) is 13.6. The molecule has 1 aromatic rings. The summed E-state index contributed by atoms with van der Waals surface area (Å²) in [5.74, 6) is 0. The Balaban J connectivity index is 2.19. The molecule has 0 fully saturated rings. The zero-order valence-corrected chi connectivity index (χ0v) is 12.9. The molecule has 3 heteroatoms. The van der Waals surface area contributed by atoms with E-state index in [4.69, 9.17) is 0 Å². The van der Waals surface area contributed by atoms with Crippen molar-refractivity contribution in [3.05, 3.63) is 34.5 Å². The van der Waals surface area contributed by atoms with Crippen molar-refractivity contribution in [2.75, 3.05) is 26.7 Å². The van der Waals surface area contributed by atoms with Gasteiger partial charge in [-0.3, -0.25) is 0 Å². The van der Waals surface area contributed by atoms with E-state index in [0.29, 0.717) is 0 Å². The van der Waals surface area contributed by atoms with Crippen molar-refractivity contribution in [3.63, 3.8) is 0 Å². The predicted molar refractivity (Wildman–Crippen MR) is 82.4 cm³/mol. The normalized spacial score (nSPS) is 12.1. The van der Waals surface area contributed by atoms with Gasteiger partial charge in [0.05, 0.1) is 0 Å². The van der Waals surface area contributed by atoms with Crippen LogP contribution in [0.5, 0.6) is 0 Å². The van der Waals surface area contributed by atoms with Crippen molar-refractivity contribution < 1.29 is 0 Å². The summed E-state index contributed by atoms with van der Waals surface area (Å²) >= 11 is 1.84. The summed E-state index contributed by atoms with van der Waals surface area (Å²) < 4.78 is 0. The highest BCUT2D eigenvalue weighted by atomic mass is 32.1. The molecule has 0 amide bonds. The zero-order valence-electron chi connectivity index (χ0n) is 12.1. The maximum atomic E-state index is 4.14. The fourth-order valence-electron chi connectivity index (χ4n) is 1.66. The maximum absolute atomic E-state index is 4.14. The number of nitrogens with one attached hydrogen (secondary N) is 1. The van der Waals surface area contributed by atoms with Gasteiger partial charge in [0.1, 0.15) is 0 Å². The molecular formula is C15H26N2S. The number of likely N-dealkylation sites (N-methyl/N-ethyl adjacent to an activating group) is 1. The molecule has 0 aliphatic heterocycles. The van der Waals surface area contributed by atoms with Crippen LogP contribution in [0.3, 0.4) is 0 Å². The van der Waals surface area contributed by atoms with E-state index >= 15 is 0 Å². The number of nitrogens with zero attached hydrogens (tertiary/aromatic N) is 1. The Hall–Kier alpha value is -0.640. The van der Waals surface area contributed by atoms with Gasteiger partial charge in [-0.05, 0) is 51.3 Å². The van der Waals surface area contributed by atoms with E-state index in [1.165, 1.54) is 10.5 Å². The standard InChI is InChI=1S/C15H26N2S/c1-13(11-16-15(2,3)4)12-17(5)9-8-14-7-6-10-18-14/h6-7,10,16H,1,8-9,11-12H2,2-5H3. The van der Waals surface area contributed by atoms with Gasteiger partial charge in [0.15, 0.2) is 0 Å². The van der Waals surface area contributed by atoms with Crippen molar-refractivity contribution >= 4 is 11.3 Å². The Morgan fingerprint density at radius 1 is 1.44 bits per heavy atom. The molecule has 2 nitrogen and oxygen atoms in total. The molecule has 0 radical (unpaired) electrons. The largest absolute Gasteiger partial charge is 0.308 e. The first-order valence-corrected chi connectivity index (χ1v) is 7.37. The van der Waals surface area contributed by atoms with E-state index < -0.39 is 0 Å². The number of hydrogen-bond acceptors (Lipinski definition) is 3. The van der Waals surface area contributed by atoms with E-state index in [-0.39, 0.29) is 5.54 Å². The Morgan fingerprint density at radius 2 is 2.17 bits per heavy atom. The highest BCUT2D eigenvalue weighted by molar-refractivity contribution is 7.09. The maximum Gasteiger partial charge on any atom is 0.0199 e. The van der Waals surface area contributed by atoms with E-state index in [0.717, 1.165) is 26.1 Å². The van der Waals surface area contributed by atoms with Crippen LogP contribution in [0, 0.1) is 0 Å². The lowest BCUT2D eigenvalue weighted by Crippen LogP contribution is -2.38. The first-order valence-electron chi connectivity index (χ1n) is 6.49. The lowest BCUT2D eigenvalue weighted by atomic mass is 10.1. The van der Waals surface area contributed by atoms with Gasteiger partial charge in [0.2, 0.25) is 0 Å². The van der Waals surface area contributed by atoms with Crippen LogP contribution in [0.1, 0.15) is 25.6 Å². The minimum absolute atomic E-state index is 0.165. The lowest BCUT2D eigenvalue weighted by molar-refractivity contribution is 0.357. The molecule has 0 atom stereocenters. The highest BCUT2D eigenvalue weighted by Gasteiger charge is 2.09. The van der Waals surface area contributed by atoms with Gasteiger partial charge in [-0.2, -0.15) is 0 Å². The fraction of sp³-hybridized carbons (Fsp3) is 0.600. The van der Waals surface area contributed by atoms with Crippen molar-refractivity contribution in [1.29, 1.82) is 0 Å². The van der Waals surface area contributed by atoms with Crippen LogP contribution in [-0.2, 0) is 6.42 Å². The van der Waals surface area contributed by atoms with Gasteiger partial charge in [-0.15, -0.1) is 11.3 Å². The van der Waals surface area contributed by atoms with Crippen LogP contribution in [-0.4, -0.2) is 37.1 Å². The predicted octanol–water partition coefficient (Wildman–Crippen LogP) is 3.17. The quantitative estimate of drug-likeness (QED) is 0.763. The van der Waals surface area contributed by atoms with Crippen molar-refractivity contribution in [2.45, 2.75) is 32.7 Å². The first kappa shape index (κ1) is 15.4. The molecule has 18 heavy (non-hydrogen) atoms. The minimum Gasteiger partial charge on any atom is -0.308 e. The minimum atomic E-state index is 0.165. The SMILES string of the molecule is C=C(CNC(C)(C)C)CN(C)CCc1cccs1. The number of hydrogen-bond donors (Lipinski definition) is 1. The van der Waals surface area contributed by atoms with Crippen LogP contribution >= 0.6 is 11.3 Å². The summed E-state index contributed by atoms with van der Waals surface area (Å²) in [7, 11) is 2.16. The molecule has 0 aliphatic carbocycles. The molecule has 102 valence electrons. The molecule has 0 bridgehead atoms. The van der Waals surface area contributed by atoms with E-state index in [9.17, 15) is 0 Å². The molecular weight excluding hydrogens is 240 g/mol. The molecule has 1 aromatic heterocycles. The monoisotopic (exact) mass is 266 g/mol. The molecule has 1 rings (SSSR count). The summed E-state index contributed by atoms with van der Waals surface area (Å²) in [4.78, 5) is 3.80. The summed E-state index contributed by atoms with van der Waals surface area (Å²) in [5.41, 5.74) is 1.41. The molecule has 0 saturated heterocycles. The Kier molecular flexibility index (Phi) is 6.06. The second-order valence-corrected chi connectivity index (χ2v) is 6.95. The molecule has 0 saturated carbocycles. The molecule has 1 N–H and O–H groups in total. The number of thiophene rings is 1. The van der Waals surface area contributed by atoms with Gasteiger partial charge in [0.25, 0.3) is 0 Å². The van der Waals surface area contributed by atoms with Crippen LogP contribution in [0.2, 0.25) is 0 Å². The van der Waals surface area contributed by atoms with Crippen molar-refractivity contribution in [2.24, 2.45) is 0 Å². The molecule has 0 unspecified atom stereocenters. The Labute approximate surface area is 116 Å². The van der Waals surface area contributed by atoms with Crippen molar-refractivity contribution in [1.82, 2.24) is 10.2 Å². The van der Waals surface area contributed by atoms with Crippen LogP contribution in [0.25, 0.3) is 0 Å². The molecule has 0 spiro atoms. The third-order valence-corrected chi connectivity index (χ3v) is 3.62. The second kappa shape index (κ2) is 7.07. The van der Waals surface area contributed by atoms with Gasteiger partial charge in [-0.1, -0.05) is 12.6 Å². The van der Waals surface area contributed by atoms with E-state index in [2.05, 4.69) is 62.1 Å². The first-order chi connectivity index (χ1) is 8.37. The highest BCUT2D eigenvalue weighted by Crippen LogP contribution is 2.09. The van der Waals surface area contributed by atoms with E-state index in [1.54, 1.807) is 0 Å².